The van der Waals surface area contributed by atoms with Crippen LogP contribution in [0.1, 0.15) is 36.3 Å². The van der Waals surface area contributed by atoms with E-state index in [4.69, 9.17) is 9.84 Å². The van der Waals surface area contributed by atoms with Gasteiger partial charge in [0.2, 0.25) is 0 Å². The van der Waals surface area contributed by atoms with Crippen LogP contribution in [0.3, 0.4) is 0 Å². The van der Waals surface area contributed by atoms with Crippen LogP contribution in [-0.2, 0) is 9.53 Å². The first-order valence-corrected chi connectivity index (χ1v) is 6.76. The number of carboxylic acids is 1. The van der Waals surface area contributed by atoms with E-state index in [1.807, 2.05) is 0 Å². The summed E-state index contributed by atoms with van der Waals surface area (Å²) in [5, 5.41) is 9.13. The van der Waals surface area contributed by atoms with Crippen molar-refractivity contribution in [3.05, 3.63) is 24.0 Å². The molecule has 1 N–H and O–H groups in total. The molecule has 110 valence electrons. The maximum absolute atomic E-state index is 12.0. The Balaban J connectivity index is 1.99. The number of methoxy groups -OCH3 is 1. The van der Waals surface area contributed by atoms with E-state index in [9.17, 15) is 9.59 Å². The van der Waals surface area contributed by atoms with Gasteiger partial charge >= 0.3 is 5.97 Å². The van der Waals surface area contributed by atoms with Gasteiger partial charge in [-0.3, -0.25) is 4.79 Å². The Hall–Kier alpha value is -1.82. The van der Waals surface area contributed by atoms with Gasteiger partial charge in [0.05, 0.1) is 0 Å². The van der Waals surface area contributed by atoms with E-state index < -0.39 is 12.1 Å². The summed E-state index contributed by atoms with van der Waals surface area (Å²) >= 11 is 0. The number of aromatic nitrogens is 1. The predicted octanol–water partition coefficient (Wildman–Crippen LogP) is 1.38. The number of rotatable bonds is 4. The van der Waals surface area contributed by atoms with Crippen LogP contribution >= 0.6 is 0 Å². The van der Waals surface area contributed by atoms with Crippen LogP contribution in [0.25, 0.3) is 0 Å². The maximum atomic E-state index is 12.0. The lowest BCUT2D eigenvalue weighted by atomic mass is 10.0. The molecule has 1 aliphatic heterocycles. The molecule has 2 rings (SSSR count). The van der Waals surface area contributed by atoms with Crippen molar-refractivity contribution in [3.8, 4) is 0 Å². The summed E-state index contributed by atoms with van der Waals surface area (Å²) < 4.78 is 6.84. The van der Waals surface area contributed by atoms with Crippen LogP contribution in [0.4, 0.5) is 0 Å². The van der Waals surface area contributed by atoms with Crippen molar-refractivity contribution >= 4 is 11.9 Å². The standard InChI is InChI=1S/C14H20N2O4/c1-10(20-2)13(17)15-8-5-11(6-9-15)16-7-3-4-12(16)14(18)19/h3-4,7,10-11H,5-6,8-9H2,1-2H3,(H,18,19). The Kier molecular flexibility index (Phi) is 4.44. The smallest absolute Gasteiger partial charge is 0.352 e. The van der Waals surface area contributed by atoms with E-state index in [1.165, 1.54) is 7.11 Å². The highest BCUT2D eigenvalue weighted by Crippen LogP contribution is 2.25. The van der Waals surface area contributed by atoms with Crippen molar-refractivity contribution in [1.29, 1.82) is 0 Å². The number of aromatic carboxylic acids is 1. The average molecular weight is 280 g/mol. The molecule has 2 heterocycles. The summed E-state index contributed by atoms with van der Waals surface area (Å²) in [5.41, 5.74) is 0.306. The van der Waals surface area contributed by atoms with Crippen molar-refractivity contribution in [3.63, 3.8) is 0 Å². The van der Waals surface area contributed by atoms with Crippen LogP contribution < -0.4 is 0 Å². The van der Waals surface area contributed by atoms with Crippen molar-refractivity contribution in [2.24, 2.45) is 0 Å². The third kappa shape index (κ3) is 2.85. The average Bonchev–Trinajstić information content (AvgIpc) is 2.95. The minimum absolute atomic E-state index is 0.00286. The second kappa shape index (κ2) is 6.09. The van der Waals surface area contributed by atoms with Crippen LogP contribution in [0.2, 0.25) is 0 Å². The molecule has 1 fully saturated rings. The number of ether oxygens (including phenoxy) is 1. The van der Waals surface area contributed by atoms with Gasteiger partial charge in [0.1, 0.15) is 11.8 Å². The number of hydrogen-bond acceptors (Lipinski definition) is 3. The molecular formula is C14H20N2O4. The molecule has 1 aliphatic rings. The fraction of sp³-hybridized carbons (Fsp3) is 0.571. The topological polar surface area (TPSA) is 71.8 Å². The van der Waals surface area contributed by atoms with Gasteiger partial charge in [-0.05, 0) is 31.9 Å². The first kappa shape index (κ1) is 14.6. The molecule has 0 saturated carbocycles. The number of carbonyl (C=O) groups excluding carboxylic acids is 1. The predicted molar refractivity (Wildman–Crippen MR) is 72.7 cm³/mol. The van der Waals surface area contributed by atoms with Gasteiger partial charge in [-0.2, -0.15) is 0 Å². The normalized spacial score (nSPS) is 18.0. The Labute approximate surface area is 117 Å². The molecule has 0 spiro atoms. The highest BCUT2D eigenvalue weighted by Gasteiger charge is 2.27. The number of likely N-dealkylation sites (tertiary alicyclic amines) is 1. The summed E-state index contributed by atoms with van der Waals surface area (Å²) in [5.74, 6) is -0.918. The zero-order valence-electron chi connectivity index (χ0n) is 11.8. The summed E-state index contributed by atoms with van der Waals surface area (Å²) in [6.07, 6.45) is 2.89. The fourth-order valence-corrected chi connectivity index (χ4v) is 2.62. The van der Waals surface area contributed by atoms with Crippen LogP contribution in [0.15, 0.2) is 18.3 Å². The molecule has 0 bridgehead atoms. The third-order valence-corrected chi connectivity index (χ3v) is 3.87. The number of nitrogens with zero attached hydrogens (tertiary/aromatic N) is 2. The summed E-state index contributed by atoms with van der Waals surface area (Å²) in [4.78, 5) is 24.9. The van der Waals surface area contributed by atoms with Crippen LogP contribution in [0.5, 0.6) is 0 Å². The lowest BCUT2D eigenvalue weighted by molar-refractivity contribution is -0.142. The van der Waals surface area contributed by atoms with Gasteiger partial charge in [-0.25, -0.2) is 4.79 Å². The first-order chi connectivity index (χ1) is 9.54. The molecule has 20 heavy (non-hydrogen) atoms. The number of carboxylic acid groups (broad SMARTS) is 1. The largest absolute Gasteiger partial charge is 0.477 e. The number of amides is 1. The number of piperidine rings is 1. The van der Waals surface area contributed by atoms with Crippen LogP contribution in [0, 0.1) is 0 Å². The van der Waals surface area contributed by atoms with Gasteiger partial charge in [0, 0.05) is 32.4 Å². The van der Waals surface area contributed by atoms with E-state index in [1.54, 1.807) is 34.7 Å². The van der Waals surface area contributed by atoms with E-state index in [-0.39, 0.29) is 11.9 Å². The van der Waals surface area contributed by atoms with Gasteiger partial charge in [-0.15, -0.1) is 0 Å². The van der Waals surface area contributed by atoms with E-state index in [0.717, 1.165) is 12.8 Å². The molecule has 1 atom stereocenters. The van der Waals surface area contributed by atoms with Gasteiger partial charge < -0.3 is 19.3 Å². The second-order valence-corrected chi connectivity index (χ2v) is 5.04. The number of hydrogen-bond donors (Lipinski definition) is 1. The summed E-state index contributed by atoms with van der Waals surface area (Å²) in [6.45, 7) is 3.01. The zero-order valence-corrected chi connectivity index (χ0v) is 11.8. The molecule has 0 radical (unpaired) electrons. The Morgan fingerprint density at radius 3 is 2.60 bits per heavy atom. The molecule has 6 heteroatoms. The Bertz CT molecular complexity index is 489. The van der Waals surface area contributed by atoms with Crippen molar-refractivity contribution in [2.75, 3.05) is 20.2 Å². The highest BCUT2D eigenvalue weighted by atomic mass is 16.5. The molecule has 0 aliphatic carbocycles. The van der Waals surface area contributed by atoms with Crippen molar-refractivity contribution in [1.82, 2.24) is 9.47 Å². The maximum Gasteiger partial charge on any atom is 0.352 e. The molecule has 1 amide bonds. The van der Waals surface area contributed by atoms with Gasteiger partial charge in [0.25, 0.3) is 5.91 Å². The quantitative estimate of drug-likeness (QED) is 0.904. The van der Waals surface area contributed by atoms with Crippen molar-refractivity contribution in [2.45, 2.75) is 31.9 Å². The minimum atomic E-state index is -0.915. The number of carbonyl (C=O) groups is 2. The lowest BCUT2D eigenvalue weighted by Gasteiger charge is -2.34. The van der Waals surface area contributed by atoms with Gasteiger partial charge in [-0.1, -0.05) is 0 Å². The lowest BCUT2D eigenvalue weighted by Crippen LogP contribution is -2.44. The molecule has 1 aromatic rings. The Morgan fingerprint density at radius 2 is 2.05 bits per heavy atom. The molecule has 1 saturated heterocycles. The van der Waals surface area contributed by atoms with E-state index in [2.05, 4.69) is 0 Å². The SMILES string of the molecule is COC(C)C(=O)N1CCC(n2cccc2C(=O)O)CC1. The monoisotopic (exact) mass is 280 g/mol. The second-order valence-electron chi connectivity index (χ2n) is 5.04. The molecule has 1 unspecified atom stereocenters. The van der Waals surface area contributed by atoms with Crippen molar-refractivity contribution < 1.29 is 19.4 Å². The molecule has 1 aromatic heterocycles. The third-order valence-electron chi connectivity index (χ3n) is 3.87. The Morgan fingerprint density at radius 1 is 1.40 bits per heavy atom. The summed E-state index contributed by atoms with van der Waals surface area (Å²) in [7, 11) is 1.52. The molecule has 6 nitrogen and oxygen atoms in total. The highest BCUT2D eigenvalue weighted by molar-refractivity contribution is 5.85. The first-order valence-electron chi connectivity index (χ1n) is 6.76. The molecule has 0 aromatic carbocycles. The minimum Gasteiger partial charge on any atom is -0.477 e. The van der Waals surface area contributed by atoms with Crippen LogP contribution in [-0.4, -0.2) is 52.8 Å². The van der Waals surface area contributed by atoms with E-state index >= 15 is 0 Å². The van der Waals surface area contributed by atoms with E-state index in [0.29, 0.717) is 18.8 Å². The molecular weight excluding hydrogens is 260 g/mol. The summed E-state index contributed by atoms with van der Waals surface area (Å²) in [6, 6.07) is 3.49. The zero-order chi connectivity index (χ0) is 14.7. The fourth-order valence-electron chi connectivity index (χ4n) is 2.62. The van der Waals surface area contributed by atoms with Gasteiger partial charge in [0.15, 0.2) is 0 Å².